The van der Waals surface area contributed by atoms with Crippen molar-refractivity contribution in [3.8, 4) is 0 Å². The fourth-order valence-electron chi connectivity index (χ4n) is 1.85. The monoisotopic (exact) mass is 220 g/mol. The lowest BCUT2D eigenvalue weighted by molar-refractivity contribution is 0.198. The average molecular weight is 220 g/mol. The van der Waals surface area contributed by atoms with Crippen LogP contribution in [-0.2, 0) is 0 Å². The highest BCUT2D eigenvalue weighted by Crippen LogP contribution is 2.29. The predicted molar refractivity (Wildman–Crippen MR) is 70.1 cm³/mol. The minimum absolute atomic E-state index is 0.323. The van der Waals surface area contributed by atoms with E-state index in [1.54, 1.807) is 0 Å². The molecule has 0 fully saturated rings. The molecule has 0 spiro atoms. The lowest BCUT2D eigenvalue weighted by Gasteiger charge is -2.29. The standard InChI is InChI=1S/C14H24N2/c1-14(2,3)11-13(15-16(4)5)12-9-7-6-8-10-12/h6-10,13,15H,11H2,1-5H3. The van der Waals surface area contributed by atoms with Crippen molar-refractivity contribution in [2.75, 3.05) is 14.1 Å². The molecule has 0 heterocycles. The molecule has 2 heteroatoms. The van der Waals surface area contributed by atoms with E-state index in [-0.39, 0.29) is 0 Å². The Bertz CT molecular complexity index is 298. The summed E-state index contributed by atoms with van der Waals surface area (Å²) in [6, 6.07) is 11.0. The van der Waals surface area contributed by atoms with Gasteiger partial charge in [-0.3, -0.25) is 5.01 Å². The zero-order chi connectivity index (χ0) is 12.2. The molecule has 1 N–H and O–H groups in total. The maximum atomic E-state index is 3.49. The van der Waals surface area contributed by atoms with Gasteiger partial charge in [-0.05, 0) is 17.4 Å². The van der Waals surface area contributed by atoms with Gasteiger partial charge in [-0.15, -0.1) is 0 Å². The lowest BCUT2D eigenvalue weighted by atomic mass is 9.86. The molecule has 0 amide bonds. The Balaban J connectivity index is 2.80. The van der Waals surface area contributed by atoms with Crippen molar-refractivity contribution < 1.29 is 0 Å². The molecule has 0 saturated carbocycles. The molecule has 1 rings (SSSR count). The van der Waals surface area contributed by atoms with Crippen LogP contribution in [0.15, 0.2) is 30.3 Å². The summed E-state index contributed by atoms with van der Waals surface area (Å²) in [5.41, 5.74) is 5.16. The fourth-order valence-corrected chi connectivity index (χ4v) is 1.85. The largest absolute Gasteiger partial charge is 0.250 e. The lowest BCUT2D eigenvalue weighted by Crippen LogP contribution is -2.36. The van der Waals surface area contributed by atoms with E-state index in [0.717, 1.165) is 6.42 Å². The number of nitrogens with zero attached hydrogens (tertiary/aromatic N) is 1. The molecule has 0 saturated heterocycles. The van der Waals surface area contributed by atoms with Crippen molar-refractivity contribution in [3.63, 3.8) is 0 Å². The average Bonchev–Trinajstić information content (AvgIpc) is 2.15. The second-order valence-electron chi connectivity index (χ2n) is 5.75. The van der Waals surface area contributed by atoms with E-state index in [0.29, 0.717) is 11.5 Å². The van der Waals surface area contributed by atoms with Crippen molar-refractivity contribution in [3.05, 3.63) is 35.9 Å². The third-order valence-electron chi connectivity index (χ3n) is 2.43. The van der Waals surface area contributed by atoms with Gasteiger partial charge < -0.3 is 0 Å². The number of nitrogens with one attached hydrogen (secondary N) is 1. The van der Waals surface area contributed by atoms with Gasteiger partial charge in [0.2, 0.25) is 0 Å². The van der Waals surface area contributed by atoms with E-state index in [1.807, 2.05) is 19.1 Å². The molecule has 1 atom stereocenters. The van der Waals surface area contributed by atoms with Gasteiger partial charge in [-0.25, -0.2) is 5.43 Å². The minimum atomic E-state index is 0.323. The Labute approximate surface area is 99.6 Å². The van der Waals surface area contributed by atoms with E-state index in [9.17, 15) is 0 Å². The van der Waals surface area contributed by atoms with Gasteiger partial charge in [0.15, 0.2) is 0 Å². The molecule has 0 aliphatic heterocycles. The molecule has 90 valence electrons. The molecule has 2 nitrogen and oxygen atoms in total. The van der Waals surface area contributed by atoms with Crippen LogP contribution in [0.3, 0.4) is 0 Å². The first-order chi connectivity index (χ1) is 7.38. The SMILES string of the molecule is CN(C)NC(CC(C)(C)C)c1ccccc1. The van der Waals surface area contributed by atoms with Crippen LogP contribution in [0.2, 0.25) is 0 Å². The van der Waals surface area contributed by atoms with Crippen LogP contribution >= 0.6 is 0 Å². The molecule has 0 aliphatic rings. The van der Waals surface area contributed by atoms with E-state index in [2.05, 4.69) is 56.5 Å². The van der Waals surface area contributed by atoms with E-state index < -0.39 is 0 Å². The molecule has 0 aromatic heterocycles. The Morgan fingerprint density at radius 1 is 1.12 bits per heavy atom. The molecule has 1 aromatic rings. The van der Waals surface area contributed by atoms with Gasteiger partial charge in [-0.2, -0.15) is 0 Å². The Morgan fingerprint density at radius 3 is 2.12 bits per heavy atom. The highest BCUT2D eigenvalue weighted by molar-refractivity contribution is 5.18. The van der Waals surface area contributed by atoms with Crippen molar-refractivity contribution in [1.82, 2.24) is 10.4 Å². The van der Waals surface area contributed by atoms with Gasteiger partial charge in [0.25, 0.3) is 0 Å². The number of hydrogen-bond donors (Lipinski definition) is 1. The normalized spacial score (nSPS) is 14.1. The number of benzene rings is 1. The van der Waals surface area contributed by atoms with Crippen LogP contribution in [0.25, 0.3) is 0 Å². The summed E-state index contributed by atoms with van der Waals surface area (Å²) in [5.74, 6) is 0. The molecular weight excluding hydrogens is 196 g/mol. The second kappa shape index (κ2) is 5.46. The van der Waals surface area contributed by atoms with Crippen molar-refractivity contribution in [2.45, 2.75) is 33.2 Å². The van der Waals surface area contributed by atoms with Gasteiger partial charge in [-0.1, -0.05) is 51.1 Å². The van der Waals surface area contributed by atoms with Crippen LogP contribution in [-0.4, -0.2) is 19.1 Å². The van der Waals surface area contributed by atoms with E-state index in [1.165, 1.54) is 5.56 Å². The number of hydrogen-bond acceptors (Lipinski definition) is 2. The fraction of sp³-hybridized carbons (Fsp3) is 0.571. The first-order valence-corrected chi connectivity index (χ1v) is 5.87. The highest BCUT2D eigenvalue weighted by Gasteiger charge is 2.20. The number of rotatable bonds is 4. The molecule has 16 heavy (non-hydrogen) atoms. The summed E-state index contributed by atoms with van der Waals surface area (Å²) in [6.45, 7) is 6.83. The van der Waals surface area contributed by atoms with Crippen LogP contribution in [0.1, 0.15) is 38.8 Å². The van der Waals surface area contributed by atoms with Gasteiger partial charge >= 0.3 is 0 Å². The van der Waals surface area contributed by atoms with Crippen molar-refractivity contribution in [2.24, 2.45) is 5.41 Å². The third-order valence-corrected chi connectivity index (χ3v) is 2.43. The zero-order valence-corrected chi connectivity index (χ0v) is 11.1. The van der Waals surface area contributed by atoms with Gasteiger partial charge in [0, 0.05) is 20.1 Å². The quantitative estimate of drug-likeness (QED) is 0.784. The van der Waals surface area contributed by atoms with Gasteiger partial charge in [0.1, 0.15) is 0 Å². The highest BCUT2D eigenvalue weighted by atomic mass is 15.5. The van der Waals surface area contributed by atoms with Crippen molar-refractivity contribution in [1.29, 1.82) is 0 Å². The van der Waals surface area contributed by atoms with Crippen LogP contribution in [0.4, 0.5) is 0 Å². The summed E-state index contributed by atoms with van der Waals surface area (Å²) in [7, 11) is 4.08. The van der Waals surface area contributed by atoms with Crippen LogP contribution in [0.5, 0.6) is 0 Å². The summed E-state index contributed by atoms with van der Waals surface area (Å²) in [6.07, 6.45) is 1.12. The molecular formula is C14H24N2. The first-order valence-electron chi connectivity index (χ1n) is 5.87. The van der Waals surface area contributed by atoms with Crippen molar-refractivity contribution >= 4 is 0 Å². The molecule has 0 aliphatic carbocycles. The Hall–Kier alpha value is -0.860. The zero-order valence-electron chi connectivity index (χ0n) is 11.1. The molecule has 0 bridgehead atoms. The topological polar surface area (TPSA) is 15.3 Å². The third kappa shape index (κ3) is 4.77. The summed E-state index contributed by atoms with van der Waals surface area (Å²) in [4.78, 5) is 0. The summed E-state index contributed by atoms with van der Waals surface area (Å²) >= 11 is 0. The number of hydrazine groups is 1. The second-order valence-corrected chi connectivity index (χ2v) is 5.75. The van der Waals surface area contributed by atoms with Crippen LogP contribution < -0.4 is 5.43 Å². The maximum Gasteiger partial charge on any atom is 0.0469 e. The maximum absolute atomic E-state index is 3.49. The van der Waals surface area contributed by atoms with E-state index in [4.69, 9.17) is 0 Å². The van der Waals surface area contributed by atoms with Gasteiger partial charge in [0.05, 0.1) is 0 Å². The molecule has 1 aromatic carbocycles. The summed E-state index contributed by atoms with van der Waals surface area (Å²) < 4.78 is 0. The smallest absolute Gasteiger partial charge is 0.0469 e. The Morgan fingerprint density at radius 2 is 1.69 bits per heavy atom. The van der Waals surface area contributed by atoms with Crippen LogP contribution in [0, 0.1) is 5.41 Å². The molecule has 1 unspecified atom stereocenters. The first kappa shape index (κ1) is 13.2. The minimum Gasteiger partial charge on any atom is -0.250 e. The van der Waals surface area contributed by atoms with E-state index >= 15 is 0 Å². The summed E-state index contributed by atoms with van der Waals surface area (Å²) in [5, 5.41) is 2.03. The predicted octanol–water partition coefficient (Wildman–Crippen LogP) is 3.23. The molecule has 0 radical (unpaired) electrons. The Kier molecular flexibility index (Phi) is 4.51.